The number of hydrogen-bond donors (Lipinski definition) is 1. The molecule has 0 unspecified atom stereocenters. The fraction of sp³-hybridized carbons (Fsp3) is 0.524. The number of nitrogens with zero attached hydrogens (tertiary/aromatic N) is 1. The van der Waals surface area contributed by atoms with Gasteiger partial charge in [0.25, 0.3) is 6.54 Å². The summed E-state index contributed by atoms with van der Waals surface area (Å²) < 4.78 is 10.6. The van der Waals surface area contributed by atoms with Gasteiger partial charge in [0.05, 0.1) is 0 Å². The van der Waals surface area contributed by atoms with Gasteiger partial charge in [0.15, 0.2) is 17.1 Å². The molecule has 0 atom stereocenters. The van der Waals surface area contributed by atoms with E-state index in [0.717, 1.165) is 18.4 Å². The Hall–Kier alpha value is -2.48. The molecular weight excluding hydrogens is 330 g/mol. The molecule has 0 aromatic heterocycles. The largest absolute Gasteiger partial charge is 0.477 e. The summed E-state index contributed by atoms with van der Waals surface area (Å²) in [5.74, 6) is 0.257. The summed E-state index contributed by atoms with van der Waals surface area (Å²) in [6, 6.07) is 7.98. The van der Waals surface area contributed by atoms with Crippen molar-refractivity contribution in [3.05, 3.63) is 34.2 Å². The molecule has 5 heteroatoms. The first-order valence-electron chi connectivity index (χ1n) is 9.48. The molecule has 26 heavy (non-hydrogen) atoms. The SMILES string of the molecule is CCCCCCCCCC[N+]#CC(=Cc1ccc2c(c1)OCO2)C(=O)O. The lowest BCUT2D eigenvalue weighted by molar-refractivity contribution is -0.132. The van der Waals surface area contributed by atoms with Crippen LogP contribution in [0.2, 0.25) is 0 Å². The van der Waals surface area contributed by atoms with Gasteiger partial charge in [-0.15, -0.1) is 0 Å². The number of carbonyl (C=O) groups is 1. The molecule has 2 rings (SSSR count). The molecule has 0 saturated heterocycles. The van der Waals surface area contributed by atoms with Crippen LogP contribution in [0.1, 0.15) is 63.9 Å². The Morgan fingerprint density at radius 1 is 1.12 bits per heavy atom. The number of carboxylic acids is 1. The van der Waals surface area contributed by atoms with Crippen LogP contribution < -0.4 is 9.47 Å². The van der Waals surface area contributed by atoms with Gasteiger partial charge in [0.2, 0.25) is 6.79 Å². The molecule has 1 aromatic carbocycles. The van der Waals surface area contributed by atoms with Gasteiger partial charge >= 0.3 is 12.0 Å². The minimum absolute atomic E-state index is 0.0448. The van der Waals surface area contributed by atoms with E-state index >= 15 is 0 Å². The fourth-order valence-electron chi connectivity index (χ4n) is 2.78. The summed E-state index contributed by atoms with van der Waals surface area (Å²) in [4.78, 5) is 15.5. The van der Waals surface area contributed by atoms with Gasteiger partial charge in [-0.3, -0.25) is 0 Å². The lowest BCUT2D eigenvalue weighted by Crippen LogP contribution is -1.97. The molecule has 1 N–H and O–H groups in total. The number of fused-ring (bicyclic) bond motifs is 1. The highest BCUT2D eigenvalue weighted by atomic mass is 16.7. The van der Waals surface area contributed by atoms with Crippen molar-refractivity contribution in [2.75, 3.05) is 13.3 Å². The second-order valence-electron chi connectivity index (χ2n) is 6.44. The summed E-state index contributed by atoms with van der Waals surface area (Å²) >= 11 is 0. The Kier molecular flexibility index (Phi) is 8.54. The predicted molar refractivity (Wildman–Crippen MR) is 103 cm³/mol. The van der Waals surface area contributed by atoms with E-state index in [9.17, 15) is 9.90 Å². The zero-order chi connectivity index (χ0) is 18.6. The van der Waals surface area contributed by atoms with E-state index in [-0.39, 0.29) is 12.4 Å². The van der Waals surface area contributed by atoms with E-state index in [1.54, 1.807) is 24.3 Å². The first kappa shape index (κ1) is 19.8. The highest BCUT2D eigenvalue weighted by Gasteiger charge is 2.15. The van der Waals surface area contributed by atoms with Crippen LogP contribution in [0.3, 0.4) is 0 Å². The molecular formula is C21H28NO4+. The third kappa shape index (κ3) is 6.79. The lowest BCUT2D eigenvalue weighted by Gasteiger charge is -1.97. The van der Waals surface area contributed by atoms with Crippen molar-refractivity contribution in [1.29, 1.82) is 0 Å². The summed E-state index contributed by atoms with van der Waals surface area (Å²) in [5.41, 5.74) is 0.768. The number of rotatable bonds is 10. The number of hydrogen-bond acceptors (Lipinski definition) is 3. The van der Waals surface area contributed by atoms with Gasteiger partial charge in [0, 0.05) is 6.42 Å². The van der Waals surface area contributed by atoms with Crippen LogP contribution >= 0.6 is 0 Å². The average molecular weight is 358 g/mol. The van der Waals surface area contributed by atoms with Gasteiger partial charge in [-0.1, -0.05) is 56.4 Å². The molecule has 0 fully saturated rings. The zero-order valence-corrected chi connectivity index (χ0v) is 15.5. The van der Waals surface area contributed by atoms with E-state index < -0.39 is 5.97 Å². The summed E-state index contributed by atoms with van der Waals surface area (Å²) in [6.07, 6.45) is 11.4. The third-order valence-corrected chi connectivity index (χ3v) is 4.26. The number of ether oxygens (including phenoxy) is 2. The van der Waals surface area contributed by atoms with Gasteiger partial charge in [-0.25, -0.2) is 4.79 Å². The van der Waals surface area contributed by atoms with Crippen LogP contribution in [0.15, 0.2) is 23.8 Å². The monoisotopic (exact) mass is 358 g/mol. The van der Waals surface area contributed by atoms with Crippen molar-refractivity contribution in [3.63, 3.8) is 0 Å². The van der Waals surface area contributed by atoms with Crippen molar-refractivity contribution in [2.45, 2.75) is 58.3 Å². The molecule has 0 amide bonds. The molecule has 0 bridgehead atoms. The number of carboxylic acid groups (broad SMARTS) is 1. The molecule has 1 aliphatic rings. The standard InChI is InChI=1S/C21H27NO4/c1-2-3-4-5-6-7-8-9-12-22-15-18(21(23)24)13-17-10-11-19-20(14-17)26-16-25-19/h10-11,13-14H,2-9,12,16H2,1H3/p+1. The van der Waals surface area contributed by atoms with Crippen molar-refractivity contribution in [2.24, 2.45) is 0 Å². The molecule has 0 saturated carbocycles. The zero-order valence-electron chi connectivity index (χ0n) is 15.5. The topological polar surface area (TPSA) is 60.1 Å². The van der Waals surface area contributed by atoms with Crippen molar-refractivity contribution < 1.29 is 19.4 Å². The van der Waals surface area contributed by atoms with E-state index in [0.29, 0.717) is 18.0 Å². The van der Waals surface area contributed by atoms with Gasteiger partial charge in [0.1, 0.15) is 0 Å². The minimum atomic E-state index is -1.04. The van der Waals surface area contributed by atoms with Gasteiger partial charge in [-0.05, 0) is 30.2 Å². The second kappa shape index (κ2) is 11.2. The Bertz CT molecular complexity index is 685. The van der Waals surface area contributed by atoms with E-state index in [4.69, 9.17) is 9.47 Å². The summed E-state index contributed by atoms with van der Waals surface area (Å²) in [7, 11) is 0. The Morgan fingerprint density at radius 2 is 1.81 bits per heavy atom. The fourth-order valence-corrected chi connectivity index (χ4v) is 2.78. The predicted octanol–water partition coefficient (Wildman–Crippen LogP) is 5.36. The van der Waals surface area contributed by atoms with Crippen LogP contribution in [0, 0.1) is 6.07 Å². The smallest absolute Gasteiger partial charge is 0.350 e. The average Bonchev–Trinajstić information content (AvgIpc) is 3.10. The third-order valence-electron chi connectivity index (χ3n) is 4.26. The van der Waals surface area contributed by atoms with Crippen LogP contribution in [0.4, 0.5) is 0 Å². The summed E-state index contributed by atoms with van der Waals surface area (Å²) in [5, 5.41) is 9.32. The maximum atomic E-state index is 11.4. The first-order valence-corrected chi connectivity index (χ1v) is 9.48. The molecule has 140 valence electrons. The van der Waals surface area contributed by atoms with Crippen molar-refractivity contribution >= 4 is 12.0 Å². The van der Waals surface area contributed by atoms with Crippen LogP contribution in [0.5, 0.6) is 11.5 Å². The molecule has 1 heterocycles. The van der Waals surface area contributed by atoms with Crippen molar-refractivity contribution in [3.8, 4) is 17.6 Å². The Balaban J connectivity index is 1.78. The van der Waals surface area contributed by atoms with Gasteiger partial charge in [-0.2, -0.15) is 0 Å². The highest BCUT2D eigenvalue weighted by molar-refractivity contribution is 5.97. The van der Waals surface area contributed by atoms with Crippen LogP contribution in [0.25, 0.3) is 10.9 Å². The quantitative estimate of drug-likeness (QED) is 0.348. The molecule has 1 aliphatic heterocycles. The maximum Gasteiger partial charge on any atom is 0.350 e. The van der Waals surface area contributed by atoms with E-state index in [1.165, 1.54) is 38.5 Å². The highest BCUT2D eigenvalue weighted by Crippen LogP contribution is 2.33. The lowest BCUT2D eigenvalue weighted by atomic mass is 10.1. The van der Waals surface area contributed by atoms with E-state index in [1.807, 2.05) is 0 Å². The molecule has 0 aliphatic carbocycles. The van der Waals surface area contributed by atoms with Crippen molar-refractivity contribution in [1.82, 2.24) is 0 Å². The number of unbranched alkanes of at least 4 members (excludes halogenated alkanes) is 7. The Morgan fingerprint density at radius 3 is 2.54 bits per heavy atom. The number of benzene rings is 1. The second-order valence-corrected chi connectivity index (χ2v) is 6.44. The Labute approximate surface area is 155 Å². The molecule has 5 nitrogen and oxygen atoms in total. The van der Waals surface area contributed by atoms with Gasteiger partial charge < -0.3 is 14.6 Å². The number of aliphatic carboxylic acids is 1. The molecule has 0 spiro atoms. The maximum absolute atomic E-state index is 11.4. The van der Waals surface area contributed by atoms with Crippen LogP contribution in [-0.2, 0) is 4.79 Å². The van der Waals surface area contributed by atoms with Crippen LogP contribution in [-0.4, -0.2) is 24.4 Å². The van der Waals surface area contributed by atoms with E-state index in [2.05, 4.69) is 17.8 Å². The first-order chi connectivity index (χ1) is 12.7. The summed E-state index contributed by atoms with van der Waals surface area (Å²) in [6.45, 7) is 3.03. The molecule has 0 radical (unpaired) electrons. The molecule has 1 aromatic rings. The minimum Gasteiger partial charge on any atom is -0.477 e. The normalized spacial score (nSPS) is 12.6.